The number of aromatic nitrogens is 3. The van der Waals surface area contributed by atoms with Crippen LogP contribution in [0.15, 0.2) is 0 Å². The van der Waals surface area contributed by atoms with E-state index >= 15 is 0 Å². The number of hydrogen-bond acceptors (Lipinski definition) is 4. The van der Waals surface area contributed by atoms with Crippen LogP contribution in [-0.4, -0.2) is 44.5 Å². The smallest absolute Gasteiger partial charge is 0.294 e. The third kappa shape index (κ3) is 2.59. The molecule has 0 aliphatic carbocycles. The maximum atomic E-state index is 12.3. The highest BCUT2D eigenvalue weighted by Gasteiger charge is 2.35. The quantitative estimate of drug-likeness (QED) is 0.796. The van der Waals surface area contributed by atoms with Crippen molar-refractivity contribution in [3.63, 3.8) is 0 Å². The van der Waals surface area contributed by atoms with E-state index < -0.39 is 11.9 Å². The number of nitrogens with zero attached hydrogens (tertiary/aromatic N) is 3. The molecule has 0 bridgehead atoms. The van der Waals surface area contributed by atoms with E-state index in [4.69, 9.17) is 5.73 Å². The van der Waals surface area contributed by atoms with Gasteiger partial charge in [-0.3, -0.25) is 14.7 Å². The summed E-state index contributed by atoms with van der Waals surface area (Å²) in [6.07, 6.45) is 1.38. The highest BCUT2D eigenvalue weighted by atomic mass is 16.2. The Morgan fingerprint density at radius 2 is 2.11 bits per heavy atom. The van der Waals surface area contributed by atoms with Crippen LogP contribution in [0.25, 0.3) is 0 Å². The molecule has 7 heteroatoms. The summed E-state index contributed by atoms with van der Waals surface area (Å²) < 4.78 is 0. The third-order valence-corrected chi connectivity index (χ3v) is 3.23. The second kappa shape index (κ2) is 4.64. The molecular weight excluding hydrogens is 246 g/mol. The van der Waals surface area contributed by atoms with Crippen molar-refractivity contribution >= 4 is 11.8 Å². The molecule has 1 aliphatic heterocycles. The summed E-state index contributed by atoms with van der Waals surface area (Å²) in [6.45, 7) is 6.45. The average Bonchev–Trinajstić information content (AvgIpc) is 2.96. The van der Waals surface area contributed by atoms with Crippen molar-refractivity contribution in [2.45, 2.75) is 45.1 Å². The van der Waals surface area contributed by atoms with E-state index in [0.29, 0.717) is 18.8 Å². The van der Waals surface area contributed by atoms with Crippen LogP contribution in [0.4, 0.5) is 0 Å². The first-order valence-corrected chi connectivity index (χ1v) is 6.34. The topological polar surface area (TPSA) is 105 Å². The number of rotatable bonds is 2. The van der Waals surface area contributed by atoms with Crippen LogP contribution in [0.2, 0.25) is 0 Å². The van der Waals surface area contributed by atoms with Crippen LogP contribution in [0.5, 0.6) is 0 Å². The maximum Gasteiger partial charge on any atom is 0.294 e. The summed E-state index contributed by atoms with van der Waals surface area (Å²) in [5, 5.41) is 6.71. The van der Waals surface area contributed by atoms with Crippen LogP contribution >= 0.6 is 0 Å². The minimum Gasteiger partial charge on any atom is -0.368 e. The van der Waals surface area contributed by atoms with Gasteiger partial charge in [-0.1, -0.05) is 20.8 Å². The number of amides is 2. The monoisotopic (exact) mass is 265 g/mol. The zero-order valence-corrected chi connectivity index (χ0v) is 11.4. The SMILES string of the molecule is CC(C)(C)c1nc(C(=O)N2CCCC2C(N)=O)n[nH]1. The highest BCUT2D eigenvalue weighted by molar-refractivity contribution is 5.94. The molecule has 1 saturated heterocycles. The molecule has 0 spiro atoms. The lowest BCUT2D eigenvalue weighted by atomic mass is 9.96. The predicted molar refractivity (Wildman–Crippen MR) is 68.3 cm³/mol. The van der Waals surface area contributed by atoms with Gasteiger partial charge in [-0.25, -0.2) is 4.98 Å². The van der Waals surface area contributed by atoms with Crippen LogP contribution in [0, 0.1) is 0 Å². The third-order valence-electron chi connectivity index (χ3n) is 3.23. The van der Waals surface area contributed by atoms with Gasteiger partial charge in [-0.15, -0.1) is 5.10 Å². The molecule has 1 aliphatic rings. The van der Waals surface area contributed by atoms with Crippen LogP contribution in [0.3, 0.4) is 0 Å². The minimum atomic E-state index is -0.538. The average molecular weight is 265 g/mol. The van der Waals surface area contributed by atoms with E-state index in [1.54, 1.807) is 0 Å². The molecule has 2 rings (SSSR count). The fourth-order valence-corrected chi connectivity index (χ4v) is 2.13. The molecule has 2 amide bonds. The molecule has 0 saturated carbocycles. The van der Waals surface area contributed by atoms with E-state index in [9.17, 15) is 9.59 Å². The molecular formula is C12H19N5O2. The molecule has 7 nitrogen and oxygen atoms in total. The first kappa shape index (κ1) is 13.5. The number of carbonyl (C=O) groups excluding carboxylic acids is 2. The molecule has 104 valence electrons. The van der Waals surface area contributed by atoms with E-state index in [2.05, 4.69) is 15.2 Å². The van der Waals surface area contributed by atoms with Gasteiger partial charge >= 0.3 is 0 Å². The number of carbonyl (C=O) groups is 2. The maximum absolute atomic E-state index is 12.3. The highest BCUT2D eigenvalue weighted by Crippen LogP contribution is 2.21. The summed E-state index contributed by atoms with van der Waals surface area (Å²) in [5.74, 6) is -0.0748. The largest absolute Gasteiger partial charge is 0.368 e. The summed E-state index contributed by atoms with van der Waals surface area (Å²) in [4.78, 5) is 29.2. The lowest BCUT2D eigenvalue weighted by Crippen LogP contribution is -2.44. The Kier molecular flexibility index (Phi) is 3.30. The zero-order valence-electron chi connectivity index (χ0n) is 11.4. The van der Waals surface area contributed by atoms with E-state index in [1.165, 1.54) is 4.90 Å². The van der Waals surface area contributed by atoms with Crippen LogP contribution in [-0.2, 0) is 10.2 Å². The van der Waals surface area contributed by atoms with Gasteiger partial charge in [0.25, 0.3) is 5.91 Å². The Labute approximate surface area is 111 Å². The van der Waals surface area contributed by atoms with Crippen molar-refractivity contribution < 1.29 is 9.59 Å². The number of likely N-dealkylation sites (tertiary alicyclic amines) is 1. The Morgan fingerprint density at radius 1 is 1.42 bits per heavy atom. The van der Waals surface area contributed by atoms with Gasteiger partial charge in [-0.05, 0) is 12.8 Å². The second-order valence-corrected chi connectivity index (χ2v) is 5.82. The fourth-order valence-electron chi connectivity index (χ4n) is 2.13. The van der Waals surface area contributed by atoms with Crippen molar-refractivity contribution in [2.24, 2.45) is 5.73 Å². The van der Waals surface area contributed by atoms with Crippen molar-refractivity contribution in [1.82, 2.24) is 20.1 Å². The standard InChI is InChI=1S/C12H19N5O2/c1-12(2,3)11-14-9(15-16-11)10(19)17-6-4-5-7(17)8(13)18/h7H,4-6H2,1-3H3,(H2,13,18)(H,14,15,16). The number of primary amides is 1. The van der Waals surface area contributed by atoms with Crippen molar-refractivity contribution in [3.8, 4) is 0 Å². The fraction of sp³-hybridized carbons (Fsp3) is 0.667. The molecule has 1 aromatic heterocycles. The molecule has 1 unspecified atom stereocenters. The lowest BCUT2D eigenvalue weighted by Gasteiger charge is -2.20. The van der Waals surface area contributed by atoms with Gasteiger partial charge in [0.1, 0.15) is 11.9 Å². The molecule has 2 heterocycles. The van der Waals surface area contributed by atoms with Gasteiger partial charge in [0.15, 0.2) is 0 Å². The summed E-state index contributed by atoms with van der Waals surface area (Å²) in [6, 6.07) is -0.538. The van der Waals surface area contributed by atoms with Crippen LogP contribution < -0.4 is 5.73 Å². The Morgan fingerprint density at radius 3 is 2.63 bits per heavy atom. The summed E-state index contributed by atoms with van der Waals surface area (Å²) in [7, 11) is 0. The van der Waals surface area contributed by atoms with Gasteiger partial charge in [0, 0.05) is 12.0 Å². The Bertz CT molecular complexity index is 502. The second-order valence-electron chi connectivity index (χ2n) is 5.82. The van der Waals surface area contributed by atoms with Crippen molar-refractivity contribution in [3.05, 3.63) is 11.6 Å². The first-order valence-electron chi connectivity index (χ1n) is 6.34. The van der Waals surface area contributed by atoms with Gasteiger partial charge < -0.3 is 10.6 Å². The molecule has 19 heavy (non-hydrogen) atoms. The summed E-state index contributed by atoms with van der Waals surface area (Å²) in [5.41, 5.74) is 5.09. The normalized spacial score (nSPS) is 19.7. The predicted octanol–water partition coefficient (Wildman–Crippen LogP) is 0.192. The molecule has 0 aromatic carbocycles. The molecule has 1 fully saturated rings. The number of H-pyrrole nitrogens is 1. The number of aromatic amines is 1. The summed E-state index contributed by atoms with van der Waals surface area (Å²) >= 11 is 0. The lowest BCUT2D eigenvalue weighted by molar-refractivity contribution is -0.121. The van der Waals surface area contributed by atoms with Crippen LogP contribution in [0.1, 0.15) is 50.1 Å². The Balaban J connectivity index is 2.20. The van der Waals surface area contributed by atoms with Gasteiger partial charge in [0.05, 0.1) is 0 Å². The molecule has 3 N–H and O–H groups in total. The molecule has 0 radical (unpaired) electrons. The van der Waals surface area contributed by atoms with E-state index in [0.717, 1.165) is 6.42 Å². The molecule has 1 atom stereocenters. The number of nitrogens with two attached hydrogens (primary N) is 1. The van der Waals surface area contributed by atoms with Gasteiger partial charge in [-0.2, -0.15) is 0 Å². The van der Waals surface area contributed by atoms with Crippen molar-refractivity contribution in [2.75, 3.05) is 6.54 Å². The Hall–Kier alpha value is -1.92. The zero-order chi connectivity index (χ0) is 14.2. The minimum absolute atomic E-state index is 0.0954. The number of nitrogens with one attached hydrogen (secondary N) is 1. The molecule has 1 aromatic rings. The number of hydrogen-bond donors (Lipinski definition) is 2. The van der Waals surface area contributed by atoms with Crippen molar-refractivity contribution in [1.29, 1.82) is 0 Å². The first-order chi connectivity index (χ1) is 8.80. The van der Waals surface area contributed by atoms with Gasteiger partial charge in [0.2, 0.25) is 11.7 Å². The van der Waals surface area contributed by atoms with E-state index in [-0.39, 0.29) is 17.1 Å². The van der Waals surface area contributed by atoms with E-state index in [1.807, 2.05) is 20.8 Å².